The molecule has 2 rings (SSSR count). The second kappa shape index (κ2) is 6.30. The molecule has 0 spiro atoms. The van der Waals surface area contributed by atoms with Gasteiger partial charge >= 0.3 is 0 Å². The van der Waals surface area contributed by atoms with Crippen LogP contribution in [-0.4, -0.2) is 5.91 Å². The Morgan fingerprint density at radius 2 is 2.00 bits per heavy atom. The van der Waals surface area contributed by atoms with E-state index in [9.17, 15) is 9.18 Å². The number of halogens is 1. The van der Waals surface area contributed by atoms with Gasteiger partial charge in [-0.1, -0.05) is 30.3 Å². The molecule has 3 N–H and O–H groups in total. The van der Waals surface area contributed by atoms with Crippen molar-refractivity contribution in [3.05, 3.63) is 71.0 Å². The van der Waals surface area contributed by atoms with E-state index in [1.807, 2.05) is 19.1 Å². The second-order valence-electron chi connectivity index (χ2n) is 4.69. The molecule has 2 aromatic rings. The molecule has 104 valence electrons. The first kappa shape index (κ1) is 14.2. The maximum atomic E-state index is 13.6. The van der Waals surface area contributed by atoms with Crippen LogP contribution in [0.5, 0.6) is 0 Å². The highest BCUT2D eigenvalue weighted by molar-refractivity contribution is 5.92. The third kappa shape index (κ3) is 3.42. The van der Waals surface area contributed by atoms with Crippen LogP contribution in [0.4, 0.5) is 4.39 Å². The van der Waals surface area contributed by atoms with Crippen molar-refractivity contribution in [2.24, 2.45) is 5.73 Å². The Labute approximate surface area is 117 Å². The Kier molecular flexibility index (Phi) is 4.48. The largest absolute Gasteiger partial charge is 0.366 e. The van der Waals surface area contributed by atoms with Crippen LogP contribution >= 0.6 is 0 Å². The molecule has 0 bridgehead atoms. The van der Waals surface area contributed by atoms with Gasteiger partial charge < -0.3 is 11.1 Å². The Morgan fingerprint density at radius 3 is 2.70 bits per heavy atom. The molecule has 0 unspecified atom stereocenters. The van der Waals surface area contributed by atoms with Crippen molar-refractivity contribution >= 4 is 5.91 Å². The van der Waals surface area contributed by atoms with Crippen molar-refractivity contribution in [2.75, 3.05) is 0 Å². The summed E-state index contributed by atoms with van der Waals surface area (Å²) >= 11 is 0. The predicted molar refractivity (Wildman–Crippen MR) is 76.6 cm³/mol. The summed E-state index contributed by atoms with van der Waals surface area (Å²) < 4.78 is 13.6. The molecular formula is C16H17FN2O. The molecular weight excluding hydrogens is 255 g/mol. The first-order valence-electron chi connectivity index (χ1n) is 6.44. The summed E-state index contributed by atoms with van der Waals surface area (Å²) in [6.07, 6.45) is 0. The number of carbonyl (C=O) groups is 1. The van der Waals surface area contributed by atoms with E-state index in [4.69, 9.17) is 5.73 Å². The van der Waals surface area contributed by atoms with E-state index in [0.717, 1.165) is 5.56 Å². The van der Waals surface area contributed by atoms with Gasteiger partial charge in [0.2, 0.25) is 5.91 Å². The fourth-order valence-electron chi connectivity index (χ4n) is 2.04. The third-order valence-corrected chi connectivity index (χ3v) is 3.20. The number of amides is 1. The lowest BCUT2D eigenvalue weighted by molar-refractivity contribution is 0.1000. The minimum Gasteiger partial charge on any atom is -0.366 e. The number of nitrogens with one attached hydrogen (secondary N) is 1. The van der Waals surface area contributed by atoms with Gasteiger partial charge in [-0.05, 0) is 30.7 Å². The summed E-state index contributed by atoms with van der Waals surface area (Å²) in [7, 11) is 0. The number of benzene rings is 2. The molecule has 0 fully saturated rings. The topological polar surface area (TPSA) is 55.1 Å². The molecule has 0 aliphatic heterocycles. The quantitative estimate of drug-likeness (QED) is 0.879. The van der Waals surface area contributed by atoms with Crippen LogP contribution in [-0.2, 0) is 6.54 Å². The number of nitrogens with two attached hydrogens (primary N) is 1. The highest BCUT2D eigenvalue weighted by atomic mass is 19.1. The number of hydrogen-bond donors (Lipinski definition) is 2. The Hall–Kier alpha value is -2.20. The molecule has 0 saturated heterocycles. The Balaban J connectivity index is 2.04. The fraction of sp³-hybridized carbons (Fsp3) is 0.188. The molecule has 20 heavy (non-hydrogen) atoms. The number of carbonyl (C=O) groups excluding carboxylic acids is 1. The zero-order valence-electron chi connectivity index (χ0n) is 11.3. The van der Waals surface area contributed by atoms with Crippen molar-refractivity contribution in [1.82, 2.24) is 5.32 Å². The van der Waals surface area contributed by atoms with E-state index in [0.29, 0.717) is 17.7 Å². The highest BCUT2D eigenvalue weighted by Crippen LogP contribution is 2.16. The molecule has 0 radical (unpaired) electrons. The van der Waals surface area contributed by atoms with Crippen LogP contribution in [0.15, 0.2) is 48.5 Å². The van der Waals surface area contributed by atoms with Gasteiger partial charge in [0.15, 0.2) is 0 Å². The molecule has 2 aromatic carbocycles. The zero-order chi connectivity index (χ0) is 14.5. The van der Waals surface area contributed by atoms with Crippen LogP contribution in [0.1, 0.15) is 34.5 Å². The maximum absolute atomic E-state index is 13.6. The minimum absolute atomic E-state index is 0.117. The van der Waals surface area contributed by atoms with E-state index in [-0.39, 0.29) is 11.9 Å². The zero-order valence-corrected chi connectivity index (χ0v) is 11.3. The average Bonchev–Trinajstić information content (AvgIpc) is 2.45. The van der Waals surface area contributed by atoms with E-state index in [2.05, 4.69) is 5.32 Å². The standard InChI is InChI=1S/C16H17FN2O/c1-11(14-7-2-3-8-15(14)17)19-10-12-5-4-6-13(9-12)16(18)20/h2-9,11,19H,10H2,1H3,(H2,18,20)/t11-/m1/s1. The summed E-state index contributed by atoms with van der Waals surface area (Å²) in [6.45, 7) is 2.44. The molecule has 0 saturated carbocycles. The maximum Gasteiger partial charge on any atom is 0.248 e. The monoisotopic (exact) mass is 272 g/mol. The first-order chi connectivity index (χ1) is 9.58. The van der Waals surface area contributed by atoms with Gasteiger partial charge in [0.1, 0.15) is 5.82 Å². The number of hydrogen-bond acceptors (Lipinski definition) is 2. The van der Waals surface area contributed by atoms with E-state index < -0.39 is 5.91 Å². The van der Waals surface area contributed by atoms with Gasteiger partial charge in [-0.2, -0.15) is 0 Å². The van der Waals surface area contributed by atoms with Gasteiger partial charge in [0.05, 0.1) is 0 Å². The smallest absolute Gasteiger partial charge is 0.248 e. The first-order valence-corrected chi connectivity index (χ1v) is 6.44. The molecule has 1 amide bonds. The van der Waals surface area contributed by atoms with E-state index in [1.54, 1.807) is 30.3 Å². The molecule has 0 heterocycles. The van der Waals surface area contributed by atoms with Crippen LogP contribution in [0.25, 0.3) is 0 Å². The van der Waals surface area contributed by atoms with Gasteiger partial charge in [-0.15, -0.1) is 0 Å². The van der Waals surface area contributed by atoms with Gasteiger partial charge in [-0.3, -0.25) is 4.79 Å². The van der Waals surface area contributed by atoms with Crippen molar-refractivity contribution in [1.29, 1.82) is 0 Å². The lowest BCUT2D eigenvalue weighted by atomic mass is 10.1. The van der Waals surface area contributed by atoms with Crippen molar-refractivity contribution in [3.8, 4) is 0 Å². The van der Waals surface area contributed by atoms with Crippen molar-refractivity contribution < 1.29 is 9.18 Å². The summed E-state index contributed by atoms with van der Waals surface area (Å²) in [6, 6.07) is 13.7. The molecule has 1 atom stereocenters. The van der Waals surface area contributed by atoms with E-state index in [1.165, 1.54) is 6.07 Å². The minimum atomic E-state index is -0.450. The normalized spacial score (nSPS) is 12.1. The second-order valence-corrected chi connectivity index (χ2v) is 4.69. The van der Waals surface area contributed by atoms with Gasteiger partial charge in [0.25, 0.3) is 0 Å². The average molecular weight is 272 g/mol. The molecule has 4 heteroatoms. The lowest BCUT2D eigenvalue weighted by Gasteiger charge is -2.15. The predicted octanol–water partition coefficient (Wildman–Crippen LogP) is 2.78. The summed E-state index contributed by atoms with van der Waals surface area (Å²) in [5, 5.41) is 3.23. The molecule has 0 aliphatic rings. The van der Waals surface area contributed by atoms with Crippen molar-refractivity contribution in [2.45, 2.75) is 19.5 Å². The van der Waals surface area contributed by atoms with Gasteiger partial charge in [0, 0.05) is 23.7 Å². The summed E-state index contributed by atoms with van der Waals surface area (Å²) in [4.78, 5) is 11.1. The Morgan fingerprint density at radius 1 is 1.25 bits per heavy atom. The third-order valence-electron chi connectivity index (χ3n) is 3.20. The van der Waals surface area contributed by atoms with E-state index >= 15 is 0 Å². The van der Waals surface area contributed by atoms with Gasteiger partial charge in [-0.25, -0.2) is 4.39 Å². The summed E-state index contributed by atoms with van der Waals surface area (Å²) in [5.74, 6) is -0.674. The van der Waals surface area contributed by atoms with Crippen LogP contribution < -0.4 is 11.1 Å². The lowest BCUT2D eigenvalue weighted by Crippen LogP contribution is -2.19. The fourth-order valence-corrected chi connectivity index (χ4v) is 2.04. The molecule has 3 nitrogen and oxygen atoms in total. The number of primary amides is 1. The van der Waals surface area contributed by atoms with Crippen molar-refractivity contribution in [3.63, 3.8) is 0 Å². The molecule has 0 aliphatic carbocycles. The SMILES string of the molecule is C[C@@H](NCc1cccc(C(N)=O)c1)c1ccccc1F. The Bertz CT molecular complexity index is 613. The number of rotatable bonds is 5. The van der Waals surface area contributed by atoms with Crippen LogP contribution in [0, 0.1) is 5.82 Å². The molecule has 0 aromatic heterocycles. The van der Waals surface area contributed by atoms with Crippen LogP contribution in [0.2, 0.25) is 0 Å². The van der Waals surface area contributed by atoms with Crippen LogP contribution in [0.3, 0.4) is 0 Å². The highest BCUT2D eigenvalue weighted by Gasteiger charge is 2.09. The summed E-state index contributed by atoms with van der Waals surface area (Å²) in [5.41, 5.74) is 7.27.